The second kappa shape index (κ2) is 8.31. The molecule has 29 heavy (non-hydrogen) atoms. The standard InChI is InChI=1S/C18H20ClN7O3/c1-3-6-26-12-7-10(29-9(2)27)4-5-11(12)23-13(26)8-22-18(28)14-16(20)25-17(21)15(19)24-14/h4-5,7H,3,6,8H2,1-2H3,(H,22,28)(H4,20,21,25). The highest BCUT2D eigenvalue weighted by Gasteiger charge is 2.18. The molecule has 10 nitrogen and oxygen atoms in total. The van der Waals surface area contributed by atoms with Gasteiger partial charge in [0.2, 0.25) is 0 Å². The van der Waals surface area contributed by atoms with E-state index in [4.69, 9.17) is 27.8 Å². The number of rotatable bonds is 6. The van der Waals surface area contributed by atoms with Gasteiger partial charge in [0.05, 0.1) is 17.6 Å². The highest BCUT2D eigenvalue weighted by atomic mass is 35.5. The Balaban J connectivity index is 1.87. The largest absolute Gasteiger partial charge is 0.427 e. The van der Waals surface area contributed by atoms with Crippen molar-refractivity contribution >= 4 is 46.1 Å². The fourth-order valence-electron chi connectivity index (χ4n) is 2.84. The van der Waals surface area contributed by atoms with Crippen LogP contribution in [0.25, 0.3) is 11.0 Å². The Labute approximate surface area is 171 Å². The molecule has 0 saturated carbocycles. The van der Waals surface area contributed by atoms with Crippen molar-refractivity contribution in [2.45, 2.75) is 33.4 Å². The Hall–Kier alpha value is -3.40. The third-order valence-electron chi connectivity index (χ3n) is 4.03. The van der Waals surface area contributed by atoms with Crippen LogP contribution in [-0.2, 0) is 17.9 Å². The van der Waals surface area contributed by atoms with E-state index in [0.717, 1.165) is 11.9 Å². The Bertz CT molecular complexity index is 1100. The van der Waals surface area contributed by atoms with E-state index in [1.165, 1.54) is 6.92 Å². The molecule has 3 aromatic rings. The number of carbonyl (C=O) groups is 2. The molecule has 0 aliphatic rings. The number of halogens is 1. The van der Waals surface area contributed by atoms with Crippen LogP contribution in [0.15, 0.2) is 18.2 Å². The Morgan fingerprint density at radius 1 is 1.21 bits per heavy atom. The molecule has 5 N–H and O–H groups in total. The third-order valence-corrected chi connectivity index (χ3v) is 4.31. The normalized spacial score (nSPS) is 10.9. The van der Waals surface area contributed by atoms with Gasteiger partial charge in [-0.25, -0.2) is 15.0 Å². The summed E-state index contributed by atoms with van der Waals surface area (Å²) in [7, 11) is 0. The lowest BCUT2D eigenvalue weighted by Crippen LogP contribution is -2.27. The predicted molar refractivity (Wildman–Crippen MR) is 108 cm³/mol. The van der Waals surface area contributed by atoms with Gasteiger partial charge >= 0.3 is 5.97 Å². The van der Waals surface area contributed by atoms with Crippen LogP contribution in [0, 0.1) is 0 Å². The highest BCUT2D eigenvalue weighted by Crippen LogP contribution is 2.23. The summed E-state index contributed by atoms with van der Waals surface area (Å²) in [5, 5.41) is 2.62. The molecule has 0 fully saturated rings. The van der Waals surface area contributed by atoms with Crippen molar-refractivity contribution in [3.05, 3.63) is 34.9 Å². The quantitative estimate of drug-likeness (QED) is 0.406. The molecule has 1 aromatic carbocycles. The highest BCUT2D eigenvalue weighted by molar-refractivity contribution is 6.31. The number of hydrogen-bond donors (Lipinski definition) is 3. The summed E-state index contributed by atoms with van der Waals surface area (Å²) in [5.41, 5.74) is 12.7. The molecule has 0 atom stereocenters. The molecule has 2 heterocycles. The maximum absolute atomic E-state index is 12.5. The van der Waals surface area contributed by atoms with Crippen LogP contribution in [0.1, 0.15) is 36.6 Å². The molecular weight excluding hydrogens is 398 g/mol. The molecule has 0 aliphatic heterocycles. The van der Waals surface area contributed by atoms with Crippen LogP contribution in [-0.4, -0.2) is 31.4 Å². The fourth-order valence-corrected chi connectivity index (χ4v) is 2.97. The van der Waals surface area contributed by atoms with Gasteiger partial charge in [0.1, 0.15) is 11.6 Å². The van der Waals surface area contributed by atoms with Gasteiger partial charge in [-0.15, -0.1) is 0 Å². The van der Waals surface area contributed by atoms with Gasteiger partial charge in [-0.2, -0.15) is 0 Å². The molecule has 3 rings (SSSR count). The van der Waals surface area contributed by atoms with Gasteiger partial charge in [-0.05, 0) is 18.6 Å². The van der Waals surface area contributed by atoms with Crippen LogP contribution in [0.2, 0.25) is 5.15 Å². The summed E-state index contributed by atoms with van der Waals surface area (Å²) >= 11 is 5.83. The maximum Gasteiger partial charge on any atom is 0.308 e. The van der Waals surface area contributed by atoms with Gasteiger partial charge in [0.15, 0.2) is 22.5 Å². The van der Waals surface area contributed by atoms with Crippen LogP contribution >= 0.6 is 11.6 Å². The number of esters is 1. The van der Waals surface area contributed by atoms with Crippen molar-refractivity contribution in [2.75, 3.05) is 11.5 Å². The van der Waals surface area contributed by atoms with Crippen LogP contribution in [0.4, 0.5) is 11.6 Å². The van der Waals surface area contributed by atoms with E-state index in [1.54, 1.807) is 18.2 Å². The molecular formula is C18H20ClN7O3. The molecule has 0 unspecified atom stereocenters. The van der Waals surface area contributed by atoms with Gasteiger partial charge in [0.25, 0.3) is 5.91 Å². The van der Waals surface area contributed by atoms with Crippen LogP contribution < -0.4 is 21.5 Å². The number of hydrogen-bond acceptors (Lipinski definition) is 8. The average Bonchev–Trinajstić information content (AvgIpc) is 2.99. The average molecular weight is 418 g/mol. The topological polar surface area (TPSA) is 151 Å². The third kappa shape index (κ3) is 4.37. The number of imidazole rings is 1. The Morgan fingerprint density at radius 3 is 2.66 bits per heavy atom. The van der Waals surface area contributed by atoms with Crippen molar-refractivity contribution in [2.24, 2.45) is 0 Å². The second-order valence-electron chi connectivity index (χ2n) is 6.24. The molecule has 0 bridgehead atoms. The lowest BCUT2D eigenvalue weighted by atomic mass is 10.3. The summed E-state index contributed by atoms with van der Waals surface area (Å²) < 4.78 is 7.11. The zero-order chi connectivity index (χ0) is 21.1. The molecule has 0 spiro atoms. The molecule has 0 aliphatic carbocycles. The summed E-state index contributed by atoms with van der Waals surface area (Å²) in [5.74, 6) is -0.0565. The number of amides is 1. The molecule has 152 valence electrons. The SMILES string of the molecule is CCCn1c(CNC(=O)c2nc(Cl)c(N)nc2N)nc2ccc(OC(C)=O)cc21. The van der Waals surface area contributed by atoms with E-state index in [2.05, 4.69) is 20.3 Å². The number of carbonyl (C=O) groups excluding carboxylic acids is 2. The van der Waals surface area contributed by atoms with Crippen LogP contribution in [0.3, 0.4) is 0 Å². The minimum absolute atomic E-state index is 0.0472. The van der Waals surface area contributed by atoms with E-state index >= 15 is 0 Å². The first-order chi connectivity index (χ1) is 13.8. The number of anilines is 2. The zero-order valence-corrected chi connectivity index (χ0v) is 16.7. The monoisotopic (exact) mass is 417 g/mol. The lowest BCUT2D eigenvalue weighted by molar-refractivity contribution is -0.131. The molecule has 11 heteroatoms. The van der Waals surface area contributed by atoms with Gasteiger partial charge < -0.3 is 26.1 Å². The number of benzene rings is 1. The van der Waals surface area contributed by atoms with E-state index in [9.17, 15) is 9.59 Å². The first-order valence-corrected chi connectivity index (χ1v) is 9.22. The van der Waals surface area contributed by atoms with Crippen molar-refractivity contribution in [1.82, 2.24) is 24.8 Å². The van der Waals surface area contributed by atoms with E-state index in [-0.39, 0.29) is 29.0 Å². The van der Waals surface area contributed by atoms with Gasteiger partial charge in [-0.1, -0.05) is 18.5 Å². The molecule has 2 aromatic heterocycles. The fraction of sp³-hybridized carbons (Fsp3) is 0.278. The summed E-state index contributed by atoms with van der Waals surface area (Å²) in [6, 6.07) is 5.17. The summed E-state index contributed by atoms with van der Waals surface area (Å²) in [6.45, 7) is 4.16. The number of fused-ring (bicyclic) bond motifs is 1. The minimum Gasteiger partial charge on any atom is -0.427 e. The molecule has 1 amide bonds. The second-order valence-corrected chi connectivity index (χ2v) is 6.60. The minimum atomic E-state index is -0.549. The number of nitrogens with one attached hydrogen (secondary N) is 1. The molecule has 0 radical (unpaired) electrons. The van der Waals surface area contributed by atoms with E-state index in [0.29, 0.717) is 23.6 Å². The number of aromatic nitrogens is 4. The first-order valence-electron chi connectivity index (χ1n) is 8.84. The predicted octanol–water partition coefficient (Wildman–Crippen LogP) is 1.91. The van der Waals surface area contributed by atoms with E-state index < -0.39 is 11.9 Å². The number of nitrogens with two attached hydrogens (primary N) is 2. The molecule has 0 saturated heterocycles. The van der Waals surface area contributed by atoms with Crippen LogP contribution in [0.5, 0.6) is 5.75 Å². The summed E-state index contributed by atoms with van der Waals surface area (Å²) in [6.07, 6.45) is 0.843. The van der Waals surface area contributed by atoms with Gasteiger partial charge in [-0.3, -0.25) is 9.59 Å². The van der Waals surface area contributed by atoms with Crippen molar-refractivity contribution in [3.63, 3.8) is 0 Å². The Kier molecular flexibility index (Phi) is 5.83. The van der Waals surface area contributed by atoms with Gasteiger partial charge in [0, 0.05) is 19.5 Å². The maximum atomic E-state index is 12.5. The zero-order valence-electron chi connectivity index (χ0n) is 15.9. The first kappa shape index (κ1) is 20.3. The number of nitrogens with zero attached hydrogens (tertiary/aromatic N) is 4. The smallest absolute Gasteiger partial charge is 0.308 e. The van der Waals surface area contributed by atoms with E-state index in [1.807, 2.05) is 11.5 Å². The van der Waals surface area contributed by atoms with Crippen molar-refractivity contribution in [1.29, 1.82) is 0 Å². The number of nitrogen functional groups attached to an aromatic ring is 2. The summed E-state index contributed by atoms with van der Waals surface area (Å²) in [4.78, 5) is 36.0. The number of ether oxygens (including phenoxy) is 1. The van der Waals surface area contributed by atoms with Crippen molar-refractivity contribution in [3.8, 4) is 5.75 Å². The Morgan fingerprint density at radius 2 is 1.97 bits per heavy atom. The number of aryl methyl sites for hydroxylation is 1. The van der Waals surface area contributed by atoms with Crippen molar-refractivity contribution < 1.29 is 14.3 Å². The lowest BCUT2D eigenvalue weighted by Gasteiger charge is -2.10.